The minimum absolute atomic E-state index is 0.432. The van der Waals surface area contributed by atoms with E-state index in [0.717, 1.165) is 25.2 Å². The largest absolute Gasteiger partial charge is 0.310 e. The van der Waals surface area contributed by atoms with Gasteiger partial charge in [-0.15, -0.1) is 0 Å². The molecule has 0 radical (unpaired) electrons. The van der Waals surface area contributed by atoms with Gasteiger partial charge in [-0.05, 0) is 44.0 Å². The second-order valence-electron chi connectivity index (χ2n) is 5.13. The summed E-state index contributed by atoms with van der Waals surface area (Å²) >= 11 is 0. The van der Waals surface area contributed by atoms with Crippen molar-refractivity contribution in [3.63, 3.8) is 0 Å². The third kappa shape index (κ3) is 3.10. The Bertz CT molecular complexity index is 557. The number of hydrogen-bond donors (Lipinski definition) is 1. The van der Waals surface area contributed by atoms with Crippen molar-refractivity contribution in [3.8, 4) is 11.1 Å². The first-order chi connectivity index (χ1) is 9.69. The maximum atomic E-state index is 4.54. The molecule has 2 rings (SSSR count). The first-order valence-electron chi connectivity index (χ1n) is 7.57. The van der Waals surface area contributed by atoms with E-state index in [2.05, 4.69) is 68.6 Å². The fourth-order valence-corrected chi connectivity index (χ4v) is 2.63. The zero-order chi connectivity index (χ0) is 14.5. The first-order valence-corrected chi connectivity index (χ1v) is 7.57. The highest BCUT2D eigenvalue weighted by molar-refractivity contribution is 5.66. The molecule has 1 N–H and O–H groups in total. The van der Waals surface area contributed by atoms with Gasteiger partial charge in [-0.25, -0.2) is 0 Å². The van der Waals surface area contributed by atoms with Gasteiger partial charge in [-0.2, -0.15) is 5.10 Å². The van der Waals surface area contributed by atoms with Crippen molar-refractivity contribution < 1.29 is 0 Å². The fraction of sp³-hybridized carbons (Fsp3) is 0.471. The molecule has 0 bridgehead atoms. The zero-order valence-corrected chi connectivity index (χ0v) is 13.0. The van der Waals surface area contributed by atoms with E-state index in [1.807, 2.05) is 4.68 Å². The summed E-state index contributed by atoms with van der Waals surface area (Å²) < 4.78 is 2.00. The maximum absolute atomic E-state index is 4.54. The standard InChI is InChI=1S/C17H25N3/c1-5-17(18-6-2)15-10-8-9-14(11-15)16-12-20(7-3)19-13(16)4/h8-12,17-18H,5-7H2,1-4H3. The molecule has 3 heteroatoms. The van der Waals surface area contributed by atoms with Gasteiger partial charge in [0.05, 0.1) is 5.69 Å². The molecular weight excluding hydrogens is 246 g/mol. The molecule has 0 spiro atoms. The van der Waals surface area contributed by atoms with Gasteiger partial charge in [0.2, 0.25) is 0 Å². The summed E-state index contributed by atoms with van der Waals surface area (Å²) in [6.45, 7) is 10.5. The van der Waals surface area contributed by atoms with E-state index in [1.54, 1.807) is 0 Å². The first kappa shape index (κ1) is 14.8. The monoisotopic (exact) mass is 271 g/mol. The van der Waals surface area contributed by atoms with Crippen LogP contribution in [0.3, 0.4) is 0 Å². The zero-order valence-electron chi connectivity index (χ0n) is 13.0. The molecular formula is C17H25N3. The van der Waals surface area contributed by atoms with Crippen LogP contribution in [0.15, 0.2) is 30.5 Å². The SMILES string of the molecule is CCNC(CC)c1cccc(-c2cn(CC)nc2C)c1. The molecule has 0 aliphatic heterocycles. The predicted octanol–water partition coefficient (Wildman–Crippen LogP) is 3.94. The highest BCUT2D eigenvalue weighted by Gasteiger charge is 2.11. The summed E-state index contributed by atoms with van der Waals surface area (Å²) in [5, 5.41) is 8.07. The Hall–Kier alpha value is -1.61. The molecule has 1 aromatic heterocycles. The van der Waals surface area contributed by atoms with Crippen molar-refractivity contribution in [1.29, 1.82) is 0 Å². The number of benzene rings is 1. The van der Waals surface area contributed by atoms with Gasteiger partial charge < -0.3 is 5.32 Å². The van der Waals surface area contributed by atoms with Crippen LogP contribution in [0.5, 0.6) is 0 Å². The number of aromatic nitrogens is 2. The van der Waals surface area contributed by atoms with Crippen molar-refractivity contribution in [1.82, 2.24) is 15.1 Å². The third-order valence-electron chi connectivity index (χ3n) is 3.73. The predicted molar refractivity (Wildman–Crippen MR) is 84.8 cm³/mol. The minimum atomic E-state index is 0.432. The second-order valence-corrected chi connectivity index (χ2v) is 5.13. The summed E-state index contributed by atoms with van der Waals surface area (Å²) in [6, 6.07) is 9.25. The molecule has 0 saturated heterocycles. The van der Waals surface area contributed by atoms with Crippen LogP contribution >= 0.6 is 0 Å². The van der Waals surface area contributed by atoms with Crippen molar-refractivity contribution in [2.45, 2.75) is 46.7 Å². The average molecular weight is 271 g/mol. The molecule has 0 saturated carbocycles. The van der Waals surface area contributed by atoms with E-state index in [4.69, 9.17) is 0 Å². The normalized spacial score (nSPS) is 12.6. The van der Waals surface area contributed by atoms with E-state index >= 15 is 0 Å². The average Bonchev–Trinajstić information content (AvgIpc) is 2.86. The molecule has 1 aromatic carbocycles. The van der Waals surface area contributed by atoms with E-state index in [1.165, 1.54) is 16.7 Å². The third-order valence-corrected chi connectivity index (χ3v) is 3.73. The lowest BCUT2D eigenvalue weighted by molar-refractivity contribution is 0.537. The summed E-state index contributed by atoms with van der Waals surface area (Å²) in [6.07, 6.45) is 3.24. The van der Waals surface area contributed by atoms with Crippen LogP contribution in [0.4, 0.5) is 0 Å². The number of rotatable bonds is 6. The molecule has 2 aromatic rings. The Kier molecular flexibility index (Phi) is 4.96. The highest BCUT2D eigenvalue weighted by atomic mass is 15.3. The van der Waals surface area contributed by atoms with Crippen molar-refractivity contribution in [2.75, 3.05) is 6.54 Å². The summed E-state index contributed by atoms with van der Waals surface area (Å²) in [5.41, 5.74) is 4.95. The quantitative estimate of drug-likeness (QED) is 0.862. The second kappa shape index (κ2) is 6.71. The van der Waals surface area contributed by atoms with Crippen LogP contribution in [-0.2, 0) is 6.54 Å². The van der Waals surface area contributed by atoms with Gasteiger partial charge in [0.15, 0.2) is 0 Å². The Morgan fingerprint density at radius 2 is 2.05 bits per heavy atom. The van der Waals surface area contributed by atoms with Gasteiger partial charge in [0, 0.05) is 24.3 Å². The lowest BCUT2D eigenvalue weighted by Crippen LogP contribution is -2.19. The van der Waals surface area contributed by atoms with Crippen LogP contribution in [-0.4, -0.2) is 16.3 Å². The van der Waals surface area contributed by atoms with Crippen LogP contribution < -0.4 is 5.32 Å². The number of aryl methyl sites for hydroxylation is 2. The highest BCUT2D eigenvalue weighted by Crippen LogP contribution is 2.26. The molecule has 1 unspecified atom stereocenters. The van der Waals surface area contributed by atoms with Crippen LogP contribution in [0.1, 0.15) is 44.5 Å². The fourth-order valence-electron chi connectivity index (χ4n) is 2.63. The molecule has 0 amide bonds. The van der Waals surface area contributed by atoms with Gasteiger partial charge in [-0.3, -0.25) is 4.68 Å². The van der Waals surface area contributed by atoms with Gasteiger partial charge in [-0.1, -0.05) is 32.0 Å². The molecule has 1 heterocycles. The lowest BCUT2D eigenvalue weighted by atomic mass is 9.98. The molecule has 108 valence electrons. The molecule has 1 atom stereocenters. The molecule has 0 aliphatic carbocycles. The van der Waals surface area contributed by atoms with Gasteiger partial charge in [0.1, 0.15) is 0 Å². The Balaban J connectivity index is 2.35. The van der Waals surface area contributed by atoms with Crippen molar-refractivity contribution in [3.05, 3.63) is 41.7 Å². The Morgan fingerprint density at radius 3 is 2.65 bits per heavy atom. The Morgan fingerprint density at radius 1 is 1.25 bits per heavy atom. The van der Waals surface area contributed by atoms with Crippen LogP contribution in [0, 0.1) is 6.92 Å². The number of nitrogens with one attached hydrogen (secondary N) is 1. The summed E-state index contributed by atoms with van der Waals surface area (Å²) in [4.78, 5) is 0. The summed E-state index contributed by atoms with van der Waals surface area (Å²) in [7, 11) is 0. The van der Waals surface area contributed by atoms with Crippen LogP contribution in [0.25, 0.3) is 11.1 Å². The van der Waals surface area contributed by atoms with E-state index in [-0.39, 0.29) is 0 Å². The van der Waals surface area contributed by atoms with Crippen molar-refractivity contribution in [2.24, 2.45) is 0 Å². The molecule has 0 fully saturated rings. The molecule has 20 heavy (non-hydrogen) atoms. The molecule has 3 nitrogen and oxygen atoms in total. The van der Waals surface area contributed by atoms with E-state index in [9.17, 15) is 0 Å². The Labute approximate surface area is 122 Å². The number of hydrogen-bond acceptors (Lipinski definition) is 2. The van der Waals surface area contributed by atoms with Crippen LogP contribution in [0.2, 0.25) is 0 Å². The smallest absolute Gasteiger partial charge is 0.0672 e. The minimum Gasteiger partial charge on any atom is -0.310 e. The van der Waals surface area contributed by atoms with Gasteiger partial charge >= 0.3 is 0 Å². The molecule has 0 aliphatic rings. The summed E-state index contributed by atoms with van der Waals surface area (Å²) in [5.74, 6) is 0. The topological polar surface area (TPSA) is 29.9 Å². The van der Waals surface area contributed by atoms with E-state index in [0.29, 0.717) is 6.04 Å². The van der Waals surface area contributed by atoms with E-state index < -0.39 is 0 Å². The number of nitrogens with zero attached hydrogens (tertiary/aromatic N) is 2. The lowest BCUT2D eigenvalue weighted by Gasteiger charge is -2.17. The van der Waals surface area contributed by atoms with Crippen molar-refractivity contribution >= 4 is 0 Å². The van der Waals surface area contributed by atoms with Gasteiger partial charge in [0.25, 0.3) is 0 Å². The maximum Gasteiger partial charge on any atom is 0.0672 e.